The van der Waals surface area contributed by atoms with Crippen molar-refractivity contribution in [2.24, 2.45) is 5.92 Å². The average molecular weight is 394 g/mol. The molecule has 0 atom stereocenters. The molecule has 26 heavy (non-hydrogen) atoms. The first-order valence-corrected chi connectivity index (χ1v) is 10.9. The third-order valence-corrected chi connectivity index (χ3v) is 7.05. The molecule has 1 aromatic heterocycles. The van der Waals surface area contributed by atoms with E-state index in [1.54, 1.807) is 24.3 Å². The number of sulfonamides is 1. The number of benzene rings is 1. The fourth-order valence-electron chi connectivity index (χ4n) is 2.83. The number of carbonyl (C=O) groups excluding carboxylic acids is 1. The summed E-state index contributed by atoms with van der Waals surface area (Å²) in [6.45, 7) is 6.59. The van der Waals surface area contributed by atoms with Crippen LogP contribution < -0.4 is 5.32 Å². The SMILES string of the molecule is Cc1ccc(S(=O)(=O)N2CCc3nc(NC(=O)CC(C)C)sc3C2)cc1. The van der Waals surface area contributed by atoms with Crippen molar-refractivity contribution in [3.8, 4) is 0 Å². The average Bonchev–Trinajstić information content (AvgIpc) is 2.95. The topological polar surface area (TPSA) is 79.4 Å². The van der Waals surface area contributed by atoms with Crippen molar-refractivity contribution in [1.29, 1.82) is 0 Å². The molecule has 0 unspecified atom stereocenters. The molecule has 140 valence electrons. The first kappa shape index (κ1) is 19.0. The van der Waals surface area contributed by atoms with Gasteiger partial charge in [-0.3, -0.25) is 4.79 Å². The second-order valence-corrected chi connectivity index (χ2v) is 9.96. The zero-order valence-electron chi connectivity index (χ0n) is 15.2. The van der Waals surface area contributed by atoms with Crippen molar-refractivity contribution in [1.82, 2.24) is 9.29 Å². The second-order valence-electron chi connectivity index (χ2n) is 6.94. The highest BCUT2D eigenvalue weighted by Gasteiger charge is 2.30. The Kier molecular flexibility index (Phi) is 5.45. The molecular weight excluding hydrogens is 370 g/mol. The number of rotatable bonds is 5. The summed E-state index contributed by atoms with van der Waals surface area (Å²) >= 11 is 1.36. The van der Waals surface area contributed by atoms with Crippen LogP contribution in [0.25, 0.3) is 0 Å². The number of hydrogen-bond acceptors (Lipinski definition) is 5. The van der Waals surface area contributed by atoms with E-state index >= 15 is 0 Å². The highest BCUT2D eigenvalue weighted by molar-refractivity contribution is 7.89. The predicted octanol–water partition coefficient (Wildman–Crippen LogP) is 3.18. The number of nitrogens with one attached hydrogen (secondary N) is 1. The molecule has 0 saturated heterocycles. The van der Waals surface area contributed by atoms with Gasteiger partial charge < -0.3 is 5.32 Å². The van der Waals surface area contributed by atoms with Crippen LogP contribution in [0, 0.1) is 12.8 Å². The summed E-state index contributed by atoms with van der Waals surface area (Å²) in [5.74, 6) is 0.218. The first-order valence-electron chi connectivity index (χ1n) is 8.61. The Morgan fingerprint density at radius 3 is 2.65 bits per heavy atom. The highest BCUT2D eigenvalue weighted by Crippen LogP contribution is 2.31. The van der Waals surface area contributed by atoms with Crippen LogP contribution in [0.3, 0.4) is 0 Å². The molecule has 2 aromatic rings. The van der Waals surface area contributed by atoms with Crippen LogP contribution in [0.4, 0.5) is 5.13 Å². The third kappa shape index (κ3) is 4.13. The molecule has 0 spiro atoms. The molecule has 2 heterocycles. The number of aryl methyl sites for hydroxylation is 1. The van der Waals surface area contributed by atoms with Crippen molar-refractivity contribution in [2.75, 3.05) is 11.9 Å². The quantitative estimate of drug-likeness (QED) is 0.846. The van der Waals surface area contributed by atoms with E-state index in [0.29, 0.717) is 36.0 Å². The molecule has 6 nitrogen and oxygen atoms in total. The van der Waals surface area contributed by atoms with Gasteiger partial charge in [0.2, 0.25) is 15.9 Å². The van der Waals surface area contributed by atoms with E-state index in [-0.39, 0.29) is 11.8 Å². The van der Waals surface area contributed by atoms with Crippen molar-refractivity contribution >= 4 is 32.4 Å². The van der Waals surface area contributed by atoms with Gasteiger partial charge >= 0.3 is 0 Å². The molecule has 1 N–H and O–H groups in total. The minimum atomic E-state index is -3.53. The molecule has 0 radical (unpaired) electrons. The Balaban J connectivity index is 1.75. The molecule has 1 amide bonds. The summed E-state index contributed by atoms with van der Waals surface area (Å²) in [6, 6.07) is 6.89. The Morgan fingerprint density at radius 2 is 2.00 bits per heavy atom. The molecule has 0 aliphatic carbocycles. The summed E-state index contributed by atoms with van der Waals surface area (Å²) in [6.07, 6.45) is 0.995. The second kappa shape index (κ2) is 7.46. The molecule has 1 aliphatic heterocycles. The van der Waals surface area contributed by atoms with Crippen molar-refractivity contribution in [2.45, 2.75) is 45.1 Å². The van der Waals surface area contributed by atoms with Crippen molar-refractivity contribution < 1.29 is 13.2 Å². The number of anilines is 1. The Labute approximate surface area is 158 Å². The van der Waals surface area contributed by atoms with Gasteiger partial charge in [-0.1, -0.05) is 31.5 Å². The van der Waals surface area contributed by atoms with Crippen molar-refractivity contribution in [3.05, 3.63) is 40.4 Å². The van der Waals surface area contributed by atoms with E-state index in [9.17, 15) is 13.2 Å². The monoisotopic (exact) mass is 393 g/mol. The van der Waals surface area contributed by atoms with Gasteiger partial charge in [0.25, 0.3) is 0 Å². The van der Waals surface area contributed by atoms with Gasteiger partial charge in [0.05, 0.1) is 17.1 Å². The van der Waals surface area contributed by atoms with Crippen LogP contribution in [-0.4, -0.2) is 30.2 Å². The van der Waals surface area contributed by atoms with Crippen LogP contribution in [0.1, 0.15) is 36.4 Å². The number of hydrogen-bond donors (Lipinski definition) is 1. The van der Waals surface area contributed by atoms with E-state index < -0.39 is 10.0 Å². The Bertz CT molecular complexity index is 902. The minimum Gasteiger partial charge on any atom is -0.302 e. The van der Waals surface area contributed by atoms with Gasteiger partial charge in [-0.15, -0.1) is 11.3 Å². The summed E-state index contributed by atoms with van der Waals surface area (Å²) in [4.78, 5) is 17.6. The van der Waals surface area contributed by atoms with E-state index in [4.69, 9.17) is 0 Å². The van der Waals surface area contributed by atoms with Gasteiger partial charge in [-0.05, 0) is 25.0 Å². The maximum Gasteiger partial charge on any atom is 0.243 e. The molecular formula is C18H23N3O3S2. The number of fused-ring (bicyclic) bond motifs is 1. The molecule has 8 heteroatoms. The standard InChI is InChI=1S/C18H23N3O3S2/c1-12(2)10-17(22)20-18-19-15-8-9-21(11-16(15)25-18)26(23,24)14-6-4-13(3)5-7-14/h4-7,12H,8-11H2,1-3H3,(H,19,20,22). The Hall–Kier alpha value is -1.77. The van der Waals surface area contributed by atoms with E-state index in [0.717, 1.165) is 16.1 Å². The molecule has 0 bridgehead atoms. The lowest BCUT2D eigenvalue weighted by Crippen LogP contribution is -2.35. The van der Waals surface area contributed by atoms with Crippen molar-refractivity contribution in [3.63, 3.8) is 0 Å². The van der Waals surface area contributed by atoms with Gasteiger partial charge in [-0.2, -0.15) is 4.31 Å². The lowest BCUT2D eigenvalue weighted by atomic mass is 10.1. The summed E-state index contributed by atoms with van der Waals surface area (Å²) in [5, 5.41) is 3.37. The number of carbonyl (C=O) groups is 1. The van der Waals surface area contributed by atoms with Gasteiger partial charge in [0, 0.05) is 24.3 Å². The van der Waals surface area contributed by atoms with E-state index in [2.05, 4.69) is 10.3 Å². The molecule has 1 aromatic carbocycles. The highest BCUT2D eigenvalue weighted by atomic mass is 32.2. The van der Waals surface area contributed by atoms with Gasteiger partial charge in [-0.25, -0.2) is 13.4 Å². The summed E-state index contributed by atoms with van der Waals surface area (Å²) in [7, 11) is -3.53. The minimum absolute atomic E-state index is 0.0600. The zero-order valence-corrected chi connectivity index (χ0v) is 16.8. The van der Waals surface area contributed by atoms with Crippen LogP contribution >= 0.6 is 11.3 Å². The maximum atomic E-state index is 12.9. The number of amides is 1. The van der Waals surface area contributed by atoms with Crippen LogP contribution in [-0.2, 0) is 27.8 Å². The normalized spacial score (nSPS) is 15.1. The molecule has 0 saturated carbocycles. The number of nitrogens with zero attached hydrogens (tertiary/aromatic N) is 2. The van der Waals surface area contributed by atoms with Crippen LogP contribution in [0.5, 0.6) is 0 Å². The maximum absolute atomic E-state index is 12.9. The number of thiazole rings is 1. The molecule has 1 aliphatic rings. The van der Waals surface area contributed by atoms with E-state index in [1.807, 2.05) is 20.8 Å². The summed E-state index contributed by atoms with van der Waals surface area (Å²) in [5.41, 5.74) is 1.90. The summed E-state index contributed by atoms with van der Waals surface area (Å²) < 4.78 is 27.2. The third-order valence-electron chi connectivity index (χ3n) is 4.19. The van der Waals surface area contributed by atoms with E-state index in [1.165, 1.54) is 15.6 Å². The van der Waals surface area contributed by atoms with Crippen LogP contribution in [0.2, 0.25) is 0 Å². The predicted molar refractivity (Wildman–Crippen MR) is 103 cm³/mol. The first-order chi connectivity index (χ1) is 12.3. The number of aromatic nitrogens is 1. The van der Waals surface area contributed by atoms with Crippen LogP contribution in [0.15, 0.2) is 29.2 Å². The van der Waals surface area contributed by atoms with Gasteiger partial charge in [0.15, 0.2) is 5.13 Å². The fourth-order valence-corrected chi connectivity index (χ4v) is 5.36. The largest absolute Gasteiger partial charge is 0.302 e. The Morgan fingerprint density at radius 1 is 1.31 bits per heavy atom. The fraction of sp³-hybridized carbons (Fsp3) is 0.444. The smallest absolute Gasteiger partial charge is 0.243 e. The van der Waals surface area contributed by atoms with Gasteiger partial charge in [0.1, 0.15) is 0 Å². The lowest BCUT2D eigenvalue weighted by Gasteiger charge is -2.25. The zero-order chi connectivity index (χ0) is 18.9. The molecule has 3 rings (SSSR count). The molecule has 0 fully saturated rings. The lowest BCUT2D eigenvalue weighted by molar-refractivity contribution is -0.116.